The van der Waals surface area contributed by atoms with Crippen molar-refractivity contribution < 1.29 is 22.7 Å². The van der Waals surface area contributed by atoms with Crippen LogP contribution in [0.2, 0.25) is 0 Å². The summed E-state index contributed by atoms with van der Waals surface area (Å²) in [7, 11) is -2.37. The van der Waals surface area contributed by atoms with E-state index in [4.69, 9.17) is 4.74 Å². The van der Waals surface area contributed by atoms with Gasteiger partial charge in [0.05, 0.1) is 19.1 Å². The molecule has 10 heteroatoms. The Bertz CT molecular complexity index is 1380. The smallest absolute Gasteiger partial charge is 0.244 e. The molecule has 0 saturated heterocycles. The summed E-state index contributed by atoms with van der Waals surface area (Å²) in [6.07, 6.45) is 2.04. The number of sulfonamides is 1. The molecule has 8 nitrogen and oxygen atoms in total. The Hall–Kier alpha value is -3.37. The van der Waals surface area contributed by atoms with Gasteiger partial charge in [-0.15, -0.1) is 0 Å². The van der Waals surface area contributed by atoms with Crippen molar-refractivity contribution in [1.82, 2.24) is 10.2 Å². The average molecular weight is 631 g/mol. The summed E-state index contributed by atoms with van der Waals surface area (Å²) >= 11 is 3.44. The number of carbonyl (C=O) groups is 2. The van der Waals surface area contributed by atoms with E-state index in [2.05, 4.69) is 21.2 Å². The number of rotatable bonds is 13. The molecule has 3 aromatic carbocycles. The molecule has 2 amide bonds. The lowest BCUT2D eigenvalue weighted by Crippen LogP contribution is -2.54. The SMILES string of the molecule is CCC(C)NC(=O)C(Cc1ccccc1)N(Cc1ccc(Br)cc1)C(=O)CN(c1cccc(OC)c1)S(C)(=O)=O. The Kier molecular flexibility index (Phi) is 11.2. The van der Waals surface area contributed by atoms with Gasteiger partial charge < -0.3 is 15.0 Å². The number of benzene rings is 3. The number of halogens is 1. The molecule has 0 heterocycles. The second kappa shape index (κ2) is 14.3. The van der Waals surface area contributed by atoms with Crippen molar-refractivity contribution in [2.24, 2.45) is 0 Å². The summed E-state index contributed by atoms with van der Waals surface area (Å²) in [4.78, 5) is 29.3. The van der Waals surface area contributed by atoms with Crippen LogP contribution >= 0.6 is 15.9 Å². The van der Waals surface area contributed by atoms with Gasteiger partial charge in [-0.2, -0.15) is 0 Å². The molecule has 0 aromatic heterocycles. The quantitative estimate of drug-likeness (QED) is 0.294. The first kappa shape index (κ1) is 31.2. The van der Waals surface area contributed by atoms with E-state index < -0.39 is 28.5 Å². The molecular weight excluding hydrogens is 594 g/mol. The van der Waals surface area contributed by atoms with Gasteiger partial charge in [0.1, 0.15) is 18.3 Å². The Morgan fingerprint density at radius 2 is 1.65 bits per heavy atom. The molecular formula is C30H36BrN3O5S. The zero-order chi connectivity index (χ0) is 29.3. The third-order valence-corrected chi connectivity index (χ3v) is 8.23. The van der Waals surface area contributed by atoms with Crippen LogP contribution < -0.4 is 14.4 Å². The zero-order valence-electron chi connectivity index (χ0n) is 23.2. The molecule has 2 atom stereocenters. The third-order valence-electron chi connectivity index (χ3n) is 6.56. The summed E-state index contributed by atoms with van der Waals surface area (Å²) in [6, 6.07) is 22.5. The van der Waals surface area contributed by atoms with Crippen molar-refractivity contribution >= 4 is 43.5 Å². The molecule has 40 heavy (non-hydrogen) atoms. The fourth-order valence-corrected chi connectivity index (χ4v) is 5.27. The summed E-state index contributed by atoms with van der Waals surface area (Å²) in [5.41, 5.74) is 1.98. The lowest BCUT2D eigenvalue weighted by Gasteiger charge is -2.34. The molecule has 1 N–H and O–H groups in total. The van der Waals surface area contributed by atoms with E-state index in [1.165, 1.54) is 12.0 Å². The fraction of sp³-hybridized carbons (Fsp3) is 0.333. The number of nitrogens with zero attached hydrogens (tertiary/aromatic N) is 2. The van der Waals surface area contributed by atoms with E-state index in [-0.39, 0.29) is 24.9 Å². The van der Waals surface area contributed by atoms with Gasteiger partial charge in [0.15, 0.2) is 0 Å². The first-order valence-electron chi connectivity index (χ1n) is 13.0. The summed E-state index contributed by atoms with van der Waals surface area (Å²) < 4.78 is 33.0. The second-order valence-electron chi connectivity index (χ2n) is 9.64. The molecule has 0 radical (unpaired) electrons. The number of hydrogen-bond donors (Lipinski definition) is 1. The van der Waals surface area contributed by atoms with Gasteiger partial charge in [0.25, 0.3) is 0 Å². The first-order chi connectivity index (χ1) is 19.0. The lowest BCUT2D eigenvalue weighted by molar-refractivity contribution is -0.140. The number of methoxy groups -OCH3 is 1. The lowest BCUT2D eigenvalue weighted by atomic mass is 10.0. The van der Waals surface area contributed by atoms with Crippen LogP contribution in [0.3, 0.4) is 0 Å². The molecule has 0 bridgehead atoms. The van der Waals surface area contributed by atoms with E-state index in [0.717, 1.165) is 32.6 Å². The molecule has 2 unspecified atom stereocenters. The number of carbonyl (C=O) groups excluding carboxylic acids is 2. The highest BCUT2D eigenvalue weighted by molar-refractivity contribution is 9.10. The minimum Gasteiger partial charge on any atom is -0.497 e. The van der Waals surface area contributed by atoms with Gasteiger partial charge in [-0.1, -0.05) is 71.4 Å². The van der Waals surface area contributed by atoms with Gasteiger partial charge in [0.2, 0.25) is 21.8 Å². The average Bonchev–Trinajstić information content (AvgIpc) is 2.94. The Labute approximate surface area is 245 Å². The van der Waals surface area contributed by atoms with Crippen LogP contribution in [0.25, 0.3) is 0 Å². The van der Waals surface area contributed by atoms with Gasteiger partial charge in [-0.3, -0.25) is 13.9 Å². The Morgan fingerprint density at radius 3 is 2.25 bits per heavy atom. The van der Waals surface area contributed by atoms with Crippen LogP contribution in [0.1, 0.15) is 31.4 Å². The second-order valence-corrected chi connectivity index (χ2v) is 12.5. The van der Waals surface area contributed by atoms with Crippen LogP contribution in [0, 0.1) is 0 Å². The van der Waals surface area contributed by atoms with Crippen LogP contribution in [-0.2, 0) is 32.6 Å². The highest BCUT2D eigenvalue weighted by atomic mass is 79.9. The molecule has 0 fully saturated rings. The van der Waals surface area contributed by atoms with Crippen molar-refractivity contribution in [2.45, 2.75) is 45.3 Å². The molecule has 3 aromatic rings. The van der Waals surface area contributed by atoms with Crippen molar-refractivity contribution in [3.8, 4) is 5.75 Å². The number of amides is 2. The van der Waals surface area contributed by atoms with Gasteiger partial charge in [-0.05, 0) is 48.7 Å². The van der Waals surface area contributed by atoms with Gasteiger partial charge in [-0.25, -0.2) is 8.42 Å². The maximum absolute atomic E-state index is 14.1. The molecule has 3 rings (SSSR count). The minimum absolute atomic E-state index is 0.0975. The third kappa shape index (κ3) is 8.82. The number of hydrogen-bond acceptors (Lipinski definition) is 5. The summed E-state index contributed by atoms with van der Waals surface area (Å²) in [5, 5.41) is 3.02. The monoisotopic (exact) mass is 629 g/mol. The van der Waals surface area contributed by atoms with Crippen molar-refractivity contribution in [1.29, 1.82) is 0 Å². The predicted molar refractivity (Wildman–Crippen MR) is 162 cm³/mol. The Morgan fingerprint density at radius 1 is 0.975 bits per heavy atom. The maximum atomic E-state index is 14.1. The van der Waals surface area contributed by atoms with Gasteiger partial charge in [0, 0.05) is 29.5 Å². The number of nitrogens with one attached hydrogen (secondary N) is 1. The summed E-state index contributed by atoms with van der Waals surface area (Å²) in [6.45, 7) is 3.52. The first-order valence-corrected chi connectivity index (χ1v) is 15.7. The number of ether oxygens (including phenoxy) is 1. The van der Waals surface area contributed by atoms with E-state index in [9.17, 15) is 18.0 Å². The van der Waals surface area contributed by atoms with E-state index in [1.807, 2.05) is 68.4 Å². The largest absolute Gasteiger partial charge is 0.497 e. The molecule has 0 spiro atoms. The zero-order valence-corrected chi connectivity index (χ0v) is 25.6. The predicted octanol–water partition coefficient (Wildman–Crippen LogP) is 4.78. The van der Waals surface area contributed by atoms with Crippen molar-refractivity contribution in [3.05, 3.63) is 94.5 Å². The number of anilines is 1. The molecule has 0 aliphatic heterocycles. The van der Waals surface area contributed by atoms with Crippen LogP contribution in [0.5, 0.6) is 5.75 Å². The van der Waals surface area contributed by atoms with Crippen LogP contribution in [-0.4, -0.2) is 57.1 Å². The molecule has 0 saturated carbocycles. The normalized spacial score (nSPS) is 12.7. The van der Waals surface area contributed by atoms with Crippen molar-refractivity contribution in [2.75, 3.05) is 24.2 Å². The molecule has 214 valence electrons. The van der Waals surface area contributed by atoms with Crippen LogP contribution in [0.4, 0.5) is 5.69 Å². The standard InChI is InChI=1S/C30H36BrN3O5S/c1-5-22(2)32-30(36)28(18-23-10-7-6-8-11-23)33(20-24-14-16-25(31)17-15-24)29(35)21-34(40(4,37)38)26-12-9-13-27(19-26)39-3/h6-17,19,22,28H,5,18,20-21H2,1-4H3,(H,32,36). The molecule has 0 aliphatic rings. The highest BCUT2D eigenvalue weighted by Gasteiger charge is 2.33. The summed E-state index contributed by atoms with van der Waals surface area (Å²) in [5.74, 6) is -0.340. The minimum atomic E-state index is -3.85. The molecule has 0 aliphatic carbocycles. The van der Waals surface area contributed by atoms with Crippen molar-refractivity contribution in [3.63, 3.8) is 0 Å². The maximum Gasteiger partial charge on any atom is 0.244 e. The van der Waals surface area contributed by atoms with Crippen LogP contribution in [0.15, 0.2) is 83.3 Å². The van der Waals surface area contributed by atoms with E-state index in [1.54, 1.807) is 24.3 Å². The Balaban J connectivity index is 2.06. The topological polar surface area (TPSA) is 96.0 Å². The fourth-order valence-electron chi connectivity index (χ4n) is 4.16. The van der Waals surface area contributed by atoms with Gasteiger partial charge >= 0.3 is 0 Å². The van der Waals surface area contributed by atoms with E-state index >= 15 is 0 Å². The highest BCUT2D eigenvalue weighted by Crippen LogP contribution is 2.24. The van der Waals surface area contributed by atoms with E-state index in [0.29, 0.717) is 11.4 Å².